The van der Waals surface area contributed by atoms with Crippen LogP contribution in [0.15, 0.2) is 12.1 Å². The Morgan fingerprint density at radius 2 is 2.18 bits per heavy atom. The minimum absolute atomic E-state index is 0.222. The summed E-state index contributed by atoms with van der Waals surface area (Å²) in [6, 6.07) is 3.42. The van der Waals surface area contributed by atoms with Crippen LogP contribution in [0.4, 0.5) is 5.69 Å². The molecule has 1 aromatic carbocycles. The summed E-state index contributed by atoms with van der Waals surface area (Å²) in [5.74, 6) is 1.21. The second-order valence-electron chi connectivity index (χ2n) is 2.19. The van der Waals surface area contributed by atoms with Gasteiger partial charge in [-0.2, -0.15) is 0 Å². The van der Waals surface area contributed by atoms with Crippen molar-refractivity contribution in [1.82, 2.24) is 0 Å². The third-order valence-corrected chi connectivity index (χ3v) is 1.85. The smallest absolute Gasteiger partial charge is 0.231 e. The number of nitrogens with two attached hydrogens (primary N) is 1. The SMILES string of the molecule is Nc1c(Cl)ccc2c1OCO2. The number of nitrogen functional groups attached to an aromatic ring is 1. The summed E-state index contributed by atoms with van der Waals surface area (Å²) in [5, 5.41) is 0.495. The summed E-state index contributed by atoms with van der Waals surface area (Å²) >= 11 is 5.73. The Morgan fingerprint density at radius 1 is 1.36 bits per heavy atom. The molecule has 1 aliphatic heterocycles. The first-order valence-corrected chi connectivity index (χ1v) is 3.50. The predicted octanol–water partition coefficient (Wildman–Crippen LogP) is 1.65. The van der Waals surface area contributed by atoms with Gasteiger partial charge in [-0.1, -0.05) is 11.6 Å². The number of hydrogen-bond donors (Lipinski definition) is 1. The van der Waals surface area contributed by atoms with Gasteiger partial charge < -0.3 is 15.2 Å². The highest BCUT2D eigenvalue weighted by molar-refractivity contribution is 6.33. The molecule has 2 N–H and O–H groups in total. The van der Waals surface area contributed by atoms with Crippen molar-refractivity contribution in [2.45, 2.75) is 0 Å². The van der Waals surface area contributed by atoms with Gasteiger partial charge in [0, 0.05) is 0 Å². The van der Waals surface area contributed by atoms with Crippen LogP contribution in [-0.2, 0) is 0 Å². The van der Waals surface area contributed by atoms with Gasteiger partial charge >= 0.3 is 0 Å². The normalized spacial score (nSPS) is 13.5. The lowest BCUT2D eigenvalue weighted by atomic mass is 10.3. The van der Waals surface area contributed by atoms with Gasteiger partial charge in [-0.15, -0.1) is 0 Å². The molecule has 1 aliphatic rings. The summed E-state index contributed by atoms with van der Waals surface area (Å²) in [4.78, 5) is 0. The lowest BCUT2D eigenvalue weighted by molar-refractivity contribution is 0.174. The quantitative estimate of drug-likeness (QED) is 0.604. The van der Waals surface area contributed by atoms with Crippen molar-refractivity contribution >= 4 is 17.3 Å². The van der Waals surface area contributed by atoms with Gasteiger partial charge in [0.25, 0.3) is 0 Å². The molecule has 2 rings (SSSR count). The van der Waals surface area contributed by atoms with Crippen molar-refractivity contribution in [3.8, 4) is 11.5 Å². The fourth-order valence-electron chi connectivity index (χ4n) is 0.970. The van der Waals surface area contributed by atoms with Gasteiger partial charge in [0.05, 0.1) is 10.7 Å². The number of fused-ring (bicyclic) bond motifs is 1. The molecule has 0 atom stereocenters. The molecule has 0 spiro atoms. The summed E-state index contributed by atoms with van der Waals surface area (Å²) in [7, 11) is 0. The van der Waals surface area contributed by atoms with E-state index in [4.69, 9.17) is 26.8 Å². The van der Waals surface area contributed by atoms with Gasteiger partial charge in [0.2, 0.25) is 6.79 Å². The van der Waals surface area contributed by atoms with Crippen LogP contribution in [0, 0.1) is 0 Å². The summed E-state index contributed by atoms with van der Waals surface area (Å²) in [5.41, 5.74) is 6.04. The average Bonchev–Trinajstić information content (AvgIpc) is 2.45. The zero-order chi connectivity index (χ0) is 7.84. The highest BCUT2D eigenvalue weighted by Crippen LogP contribution is 2.41. The van der Waals surface area contributed by atoms with E-state index in [2.05, 4.69) is 0 Å². The molecule has 4 heteroatoms. The predicted molar refractivity (Wildman–Crippen MR) is 42.0 cm³/mol. The third-order valence-electron chi connectivity index (χ3n) is 1.52. The molecule has 1 aromatic rings. The third kappa shape index (κ3) is 0.886. The van der Waals surface area contributed by atoms with Crippen LogP contribution in [0.1, 0.15) is 0 Å². The van der Waals surface area contributed by atoms with Crippen molar-refractivity contribution in [3.05, 3.63) is 17.2 Å². The van der Waals surface area contributed by atoms with E-state index in [-0.39, 0.29) is 6.79 Å². The molecule has 58 valence electrons. The maximum absolute atomic E-state index is 5.73. The molecule has 0 aliphatic carbocycles. The molecule has 1 heterocycles. The first-order valence-electron chi connectivity index (χ1n) is 3.12. The molecular weight excluding hydrogens is 166 g/mol. The van der Waals surface area contributed by atoms with E-state index in [1.807, 2.05) is 0 Å². The second kappa shape index (κ2) is 2.20. The molecule has 0 bridgehead atoms. The Kier molecular flexibility index (Phi) is 1.32. The second-order valence-corrected chi connectivity index (χ2v) is 2.60. The number of anilines is 1. The van der Waals surface area contributed by atoms with Gasteiger partial charge in [-0.05, 0) is 12.1 Å². The number of rotatable bonds is 0. The van der Waals surface area contributed by atoms with Gasteiger partial charge in [-0.25, -0.2) is 0 Å². The Labute approximate surface area is 68.7 Å². The molecule has 0 aromatic heterocycles. The van der Waals surface area contributed by atoms with E-state index < -0.39 is 0 Å². The van der Waals surface area contributed by atoms with Gasteiger partial charge in [0.1, 0.15) is 0 Å². The van der Waals surface area contributed by atoms with Crippen molar-refractivity contribution in [1.29, 1.82) is 0 Å². The maximum atomic E-state index is 5.73. The molecule has 0 saturated heterocycles. The largest absolute Gasteiger partial charge is 0.454 e. The Balaban J connectivity index is 2.62. The molecule has 0 radical (unpaired) electrons. The van der Waals surface area contributed by atoms with Crippen LogP contribution in [0.25, 0.3) is 0 Å². The Morgan fingerprint density at radius 3 is 3.00 bits per heavy atom. The van der Waals surface area contributed by atoms with Crippen LogP contribution >= 0.6 is 11.6 Å². The van der Waals surface area contributed by atoms with E-state index in [1.165, 1.54) is 0 Å². The Hall–Kier alpha value is -1.09. The molecular formula is C7H6ClNO2. The van der Waals surface area contributed by atoms with Crippen LogP contribution in [0.2, 0.25) is 5.02 Å². The molecule has 0 saturated carbocycles. The van der Waals surface area contributed by atoms with Crippen molar-refractivity contribution in [2.24, 2.45) is 0 Å². The zero-order valence-electron chi connectivity index (χ0n) is 5.63. The van der Waals surface area contributed by atoms with E-state index >= 15 is 0 Å². The van der Waals surface area contributed by atoms with Crippen LogP contribution in [0.3, 0.4) is 0 Å². The van der Waals surface area contributed by atoms with Crippen LogP contribution in [-0.4, -0.2) is 6.79 Å². The van der Waals surface area contributed by atoms with E-state index in [0.717, 1.165) is 0 Å². The first-order chi connectivity index (χ1) is 5.29. The lowest BCUT2D eigenvalue weighted by Gasteiger charge is -2.00. The van der Waals surface area contributed by atoms with Crippen molar-refractivity contribution in [3.63, 3.8) is 0 Å². The molecule has 0 unspecified atom stereocenters. The standard InChI is InChI=1S/C7H6ClNO2/c8-4-1-2-5-7(6(4)9)11-3-10-5/h1-2H,3,9H2. The topological polar surface area (TPSA) is 44.5 Å². The number of hydrogen-bond acceptors (Lipinski definition) is 3. The van der Waals surface area contributed by atoms with E-state index in [0.29, 0.717) is 22.2 Å². The number of benzene rings is 1. The fraction of sp³-hybridized carbons (Fsp3) is 0.143. The summed E-state index contributed by atoms with van der Waals surface area (Å²) in [6.45, 7) is 0.222. The maximum Gasteiger partial charge on any atom is 0.231 e. The molecule has 11 heavy (non-hydrogen) atoms. The zero-order valence-corrected chi connectivity index (χ0v) is 6.39. The summed E-state index contributed by atoms with van der Waals surface area (Å²) in [6.07, 6.45) is 0. The van der Waals surface area contributed by atoms with Gasteiger partial charge in [-0.3, -0.25) is 0 Å². The van der Waals surface area contributed by atoms with Crippen LogP contribution in [0.5, 0.6) is 11.5 Å². The molecule has 0 fully saturated rings. The van der Waals surface area contributed by atoms with Crippen molar-refractivity contribution < 1.29 is 9.47 Å². The molecule has 0 amide bonds. The minimum atomic E-state index is 0.222. The first kappa shape index (κ1) is 6.61. The number of halogens is 1. The number of ether oxygens (including phenoxy) is 2. The minimum Gasteiger partial charge on any atom is -0.454 e. The van der Waals surface area contributed by atoms with E-state index in [1.54, 1.807) is 12.1 Å². The average molecular weight is 172 g/mol. The lowest BCUT2D eigenvalue weighted by Crippen LogP contribution is -1.94. The monoisotopic (exact) mass is 171 g/mol. The highest BCUT2D eigenvalue weighted by Gasteiger charge is 2.17. The summed E-state index contributed by atoms with van der Waals surface area (Å²) < 4.78 is 10.2. The molecule has 3 nitrogen and oxygen atoms in total. The Bertz CT molecular complexity index is 301. The van der Waals surface area contributed by atoms with Crippen LogP contribution < -0.4 is 15.2 Å². The highest BCUT2D eigenvalue weighted by atomic mass is 35.5. The van der Waals surface area contributed by atoms with E-state index in [9.17, 15) is 0 Å². The van der Waals surface area contributed by atoms with Gasteiger partial charge in [0.15, 0.2) is 11.5 Å². The fourth-order valence-corrected chi connectivity index (χ4v) is 1.12. The van der Waals surface area contributed by atoms with Crippen molar-refractivity contribution in [2.75, 3.05) is 12.5 Å².